The molecule has 0 aromatic heterocycles. The second-order valence-corrected chi connectivity index (χ2v) is 11.4. The minimum atomic E-state index is -0.194. The molecule has 0 radical (unpaired) electrons. The van der Waals surface area contributed by atoms with E-state index in [1.807, 2.05) is 72.8 Å². The van der Waals surface area contributed by atoms with Crippen molar-refractivity contribution in [1.29, 1.82) is 0 Å². The highest BCUT2D eigenvalue weighted by molar-refractivity contribution is 6.10. The van der Waals surface area contributed by atoms with Crippen LogP contribution in [-0.2, 0) is 0 Å². The van der Waals surface area contributed by atoms with Gasteiger partial charge in [0.25, 0.3) is 11.8 Å². The molecule has 2 aliphatic rings. The summed E-state index contributed by atoms with van der Waals surface area (Å²) in [6.45, 7) is 2.31. The summed E-state index contributed by atoms with van der Waals surface area (Å²) < 4.78 is 0. The van der Waals surface area contributed by atoms with Crippen LogP contribution in [0.5, 0.6) is 0 Å². The van der Waals surface area contributed by atoms with Crippen molar-refractivity contribution in [3.63, 3.8) is 0 Å². The van der Waals surface area contributed by atoms with E-state index in [0.717, 1.165) is 0 Å². The molecule has 2 aliphatic heterocycles. The van der Waals surface area contributed by atoms with Crippen molar-refractivity contribution in [3.8, 4) is 0 Å². The molecular weight excluding hydrogens is 576 g/mol. The monoisotopic (exact) mass is 610 g/mol. The molecule has 2 heterocycles. The number of hydrogen-bond acceptors (Lipinski definition) is 6. The van der Waals surface area contributed by atoms with Gasteiger partial charge >= 0.3 is 0 Å². The second kappa shape index (κ2) is 14.1. The van der Waals surface area contributed by atoms with Crippen molar-refractivity contribution >= 4 is 23.4 Å². The Bertz CT molecular complexity index is 1640. The first-order valence-corrected chi connectivity index (χ1v) is 15.2. The highest BCUT2D eigenvalue weighted by Gasteiger charge is 2.30. The summed E-state index contributed by atoms with van der Waals surface area (Å²) in [6.07, 6.45) is 3.34. The van der Waals surface area contributed by atoms with Crippen LogP contribution in [-0.4, -0.2) is 82.5 Å². The van der Waals surface area contributed by atoms with Gasteiger partial charge in [-0.1, -0.05) is 97.1 Å². The molecule has 0 fully saturated rings. The van der Waals surface area contributed by atoms with Gasteiger partial charge in [-0.05, 0) is 24.3 Å². The Kier molecular flexibility index (Phi) is 9.38. The molecule has 0 unspecified atom stereocenters. The SMILES string of the molecule is O=C(C1=CN(C(=O)c2ccccc2)CN(CCN2CC(C(=O)c3ccccc3)=CN(C(=O)c3ccccc3)C2)C1)c1ccccc1. The number of nitrogens with zero attached hydrogens (tertiary/aromatic N) is 4. The van der Waals surface area contributed by atoms with Crippen LogP contribution in [0.15, 0.2) is 145 Å². The summed E-state index contributed by atoms with van der Waals surface area (Å²) in [4.78, 5) is 61.3. The molecule has 4 aromatic carbocycles. The average molecular weight is 611 g/mol. The van der Waals surface area contributed by atoms with Gasteiger partial charge in [-0.15, -0.1) is 0 Å². The largest absolute Gasteiger partial charge is 0.301 e. The quantitative estimate of drug-likeness (QED) is 0.238. The van der Waals surface area contributed by atoms with Crippen molar-refractivity contribution < 1.29 is 19.2 Å². The Labute approximate surface area is 268 Å². The van der Waals surface area contributed by atoms with E-state index < -0.39 is 0 Å². The Hall–Kier alpha value is -5.44. The molecule has 0 bridgehead atoms. The lowest BCUT2D eigenvalue weighted by Crippen LogP contribution is -2.50. The maximum absolute atomic E-state index is 13.5. The van der Waals surface area contributed by atoms with E-state index in [0.29, 0.717) is 72.9 Å². The number of ketones is 2. The third-order valence-corrected chi connectivity index (χ3v) is 8.07. The van der Waals surface area contributed by atoms with E-state index in [-0.39, 0.29) is 23.4 Å². The lowest BCUT2D eigenvalue weighted by molar-refractivity contribution is 0.0612. The lowest BCUT2D eigenvalue weighted by Gasteiger charge is -2.38. The molecule has 8 nitrogen and oxygen atoms in total. The second-order valence-electron chi connectivity index (χ2n) is 11.4. The van der Waals surface area contributed by atoms with Gasteiger partial charge in [-0.3, -0.25) is 29.0 Å². The zero-order valence-corrected chi connectivity index (χ0v) is 25.4. The summed E-state index contributed by atoms with van der Waals surface area (Å²) in [5.41, 5.74) is 3.22. The molecule has 0 N–H and O–H groups in total. The molecule has 0 atom stereocenters. The first kappa shape index (κ1) is 30.6. The standard InChI is InChI=1S/C38H34N4O4/c43-35(29-13-5-1-6-14-29)33-23-39(27-41(25-33)37(45)31-17-9-3-10-18-31)21-22-40-24-34(36(44)30-15-7-2-8-16-30)26-42(28-40)38(46)32-19-11-4-12-20-32/h1-20,25-26H,21-24,27-28H2. The van der Waals surface area contributed by atoms with Gasteiger partial charge in [0.05, 0.1) is 13.3 Å². The van der Waals surface area contributed by atoms with Crippen molar-refractivity contribution in [1.82, 2.24) is 19.6 Å². The average Bonchev–Trinajstić information content (AvgIpc) is 3.14. The van der Waals surface area contributed by atoms with Gasteiger partial charge in [0.1, 0.15) is 0 Å². The van der Waals surface area contributed by atoms with Crippen LogP contribution >= 0.6 is 0 Å². The zero-order chi connectivity index (χ0) is 31.9. The van der Waals surface area contributed by atoms with E-state index in [1.165, 1.54) is 0 Å². The number of amides is 2. The van der Waals surface area contributed by atoms with E-state index in [4.69, 9.17) is 0 Å². The fourth-order valence-corrected chi connectivity index (χ4v) is 5.68. The number of hydrogen-bond donors (Lipinski definition) is 0. The Morgan fingerprint density at radius 2 is 0.739 bits per heavy atom. The van der Waals surface area contributed by atoms with Crippen molar-refractivity contribution in [2.45, 2.75) is 0 Å². The molecule has 8 heteroatoms. The topological polar surface area (TPSA) is 81.2 Å². The smallest absolute Gasteiger partial charge is 0.258 e. The normalized spacial score (nSPS) is 15.6. The van der Waals surface area contributed by atoms with Gasteiger partial charge in [0.15, 0.2) is 11.6 Å². The minimum absolute atomic E-state index is 0.132. The molecule has 0 aliphatic carbocycles. The summed E-state index contributed by atoms with van der Waals surface area (Å²) in [6, 6.07) is 36.1. The molecule has 46 heavy (non-hydrogen) atoms. The van der Waals surface area contributed by atoms with Crippen molar-refractivity contribution in [3.05, 3.63) is 167 Å². The lowest BCUT2D eigenvalue weighted by atomic mass is 10.0. The molecule has 2 amide bonds. The zero-order valence-electron chi connectivity index (χ0n) is 25.4. The van der Waals surface area contributed by atoms with Gasteiger partial charge < -0.3 is 9.80 Å². The van der Waals surface area contributed by atoms with Crippen LogP contribution in [0.25, 0.3) is 0 Å². The van der Waals surface area contributed by atoms with Crippen molar-refractivity contribution in [2.24, 2.45) is 0 Å². The van der Waals surface area contributed by atoms with Crippen LogP contribution in [0.4, 0.5) is 0 Å². The maximum Gasteiger partial charge on any atom is 0.258 e. The predicted molar refractivity (Wildman–Crippen MR) is 176 cm³/mol. The van der Waals surface area contributed by atoms with E-state index in [2.05, 4.69) is 9.80 Å². The van der Waals surface area contributed by atoms with Crippen LogP contribution in [0, 0.1) is 0 Å². The molecule has 4 aromatic rings. The highest BCUT2D eigenvalue weighted by atomic mass is 16.2. The molecular formula is C38H34N4O4. The van der Waals surface area contributed by atoms with E-state index in [9.17, 15) is 19.2 Å². The summed E-state index contributed by atoms with van der Waals surface area (Å²) >= 11 is 0. The predicted octanol–water partition coefficient (Wildman–Crippen LogP) is 5.35. The first-order chi connectivity index (χ1) is 22.5. The third-order valence-electron chi connectivity index (χ3n) is 8.07. The highest BCUT2D eigenvalue weighted by Crippen LogP contribution is 2.21. The van der Waals surface area contributed by atoms with Crippen LogP contribution in [0.1, 0.15) is 41.4 Å². The number of rotatable bonds is 9. The minimum Gasteiger partial charge on any atom is -0.301 e. The van der Waals surface area contributed by atoms with E-state index in [1.54, 1.807) is 70.7 Å². The number of Topliss-reactive ketones (excluding diaryl/α,β-unsaturated/α-hetero) is 2. The molecule has 0 saturated heterocycles. The third kappa shape index (κ3) is 7.10. The molecule has 0 saturated carbocycles. The van der Waals surface area contributed by atoms with E-state index >= 15 is 0 Å². The fourth-order valence-electron chi connectivity index (χ4n) is 5.68. The molecule has 6 rings (SSSR count). The molecule has 230 valence electrons. The number of carbonyl (C=O) groups excluding carboxylic acids is 4. The summed E-state index contributed by atoms with van der Waals surface area (Å²) in [5, 5.41) is 0. The van der Waals surface area contributed by atoms with Gasteiger partial charge in [-0.25, -0.2) is 0 Å². The van der Waals surface area contributed by atoms with Gasteiger partial charge in [0.2, 0.25) is 0 Å². The first-order valence-electron chi connectivity index (χ1n) is 15.2. The number of benzene rings is 4. The summed E-state index contributed by atoms with van der Waals surface area (Å²) in [7, 11) is 0. The summed E-state index contributed by atoms with van der Waals surface area (Å²) in [5.74, 6) is -0.653. The number of carbonyl (C=O) groups is 4. The van der Waals surface area contributed by atoms with Crippen molar-refractivity contribution in [2.75, 3.05) is 39.5 Å². The molecule has 0 spiro atoms. The van der Waals surface area contributed by atoms with Crippen LogP contribution < -0.4 is 0 Å². The van der Waals surface area contributed by atoms with Gasteiger partial charge in [0, 0.05) is 72.0 Å². The Morgan fingerprint density at radius 3 is 1.07 bits per heavy atom. The fraction of sp³-hybridized carbons (Fsp3) is 0.158. The van der Waals surface area contributed by atoms with Crippen LogP contribution in [0.2, 0.25) is 0 Å². The maximum atomic E-state index is 13.5. The van der Waals surface area contributed by atoms with Gasteiger partial charge in [-0.2, -0.15) is 0 Å². The Balaban J connectivity index is 1.22. The van der Waals surface area contributed by atoms with Crippen LogP contribution in [0.3, 0.4) is 0 Å². The Morgan fingerprint density at radius 1 is 0.435 bits per heavy atom.